The minimum absolute atomic E-state index is 0.00974. The zero-order valence-corrected chi connectivity index (χ0v) is 11.5. The van der Waals surface area contributed by atoms with Gasteiger partial charge in [-0.3, -0.25) is 14.6 Å². The summed E-state index contributed by atoms with van der Waals surface area (Å²) in [5.41, 5.74) is -0.535. The van der Waals surface area contributed by atoms with Crippen LogP contribution < -0.4 is 0 Å². The molecule has 0 aliphatic heterocycles. The van der Waals surface area contributed by atoms with Crippen molar-refractivity contribution >= 4 is 13.5 Å². The van der Waals surface area contributed by atoms with Crippen molar-refractivity contribution in [1.82, 2.24) is 5.06 Å². The quantitative estimate of drug-likeness (QED) is 0.422. The Hall–Kier alpha value is -1.20. The monoisotopic (exact) mass is 287 g/mol. The van der Waals surface area contributed by atoms with Gasteiger partial charge in [0.05, 0.1) is 5.66 Å². The summed E-state index contributed by atoms with van der Waals surface area (Å²) in [4.78, 5) is 30.2. The number of nitrogens with zero attached hydrogens (tertiary/aromatic N) is 1. The van der Waals surface area contributed by atoms with Crippen LogP contribution in [-0.4, -0.2) is 32.5 Å². The van der Waals surface area contributed by atoms with Crippen LogP contribution in [0.3, 0.4) is 0 Å². The summed E-state index contributed by atoms with van der Waals surface area (Å²) in [6, 6.07) is 8.35. The number of hydroxylamine groups is 2. The third-order valence-electron chi connectivity index (χ3n) is 2.81. The molecule has 7 heteroatoms. The normalized spacial score (nSPS) is 13.1. The summed E-state index contributed by atoms with van der Waals surface area (Å²) in [5, 5.41) is 9.75. The Kier molecular flexibility index (Phi) is 5.69. The van der Waals surface area contributed by atoms with Crippen molar-refractivity contribution in [2.24, 2.45) is 0 Å². The number of carbonyl (C=O) groups is 1. The molecule has 19 heavy (non-hydrogen) atoms. The van der Waals surface area contributed by atoms with Gasteiger partial charge >= 0.3 is 7.60 Å². The number of benzene rings is 1. The molecule has 0 spiro atoms. The van der Waals surface area contributed by atoms with Crippen LogP contribution in [0.15, 0.2) is 30.3 Å². The molecule has 0 bridgehead atoms. The van der Waals surface area contributed by atoms with Gasteiger partial charge in [-0.1, -0.05) is 30.3 Å². The molecule has 0 radical (unpaired) electrons. The first kappa shape index (κ1) is 15.9. The first-order valence-electron chi connectivity index (χ1n) is 5.95. The van der Waals surface area contributed by atoms with Gasteiger partial charge < -0.3 is 9.79 Å². The summed E-state index contributed by atoms with van der Waals surface area (Å²) in [6.45, 7) is 1.75. The topological polar surface area (TPSA) is 98.1 Å². The van der Waals surface area contributed by atoms with E-state index in [1.165, 1.54) is 0 Å². The maximum absolute atomic E-state index is 11.5. The Bertz CT molecular complexity index is 458. The van der Waals surface area contributed by atoms with E-state index in [1.807, 2.05) is 0 Å². The van der Waals surface area contributed by atoms with Crippen LogP contribution in [0.5, 0.6) is 0 Å². The van der Waals surface area contributed by atoms with Gasteiger partial charge in [-0.2, -0.15) is 0 Å². The van der Waals surface area contributed by atoms with Crippen molar-refractivity contribution < 1.29 is 24.4 Å². The van der Waals surface area contributed by atoms with E-state index in [-0.39, 0.29) is 19.4 Å². The minimum Gasteiger partial charge on any atom is -0.324 e. The molecule has 0 heterocycles. The lowest BCUT2D eigenvalue weighted by atomic mass is 10.1. The molecule has 1 amide bonds. The van der Waals surface area contributed by atoms with Crippen LogP contribution in [0, 0.1) is 0 Å². The molecule has 3 N–H and O–H groups in total. The minimum atomic E-state index is -4.35. The predicted molar refractivity (Wildman–Crippen MR) is 69.6 cm³/mol. The molecule has 0 saturated carbocycles. The third-order valence-corrected chi connectivity index (χ3v) is 4.18. The molecule has 0 aliphatic rings. The molecule has 1 atom stereocenters. The lowest BCUT2D eigenvalue weighted by Gasteiger charge is -2.19. The summed E-state index contributed by atoms with van der Waals surface area (Å²) < 4.78 is 11.5. The number of hydrogen-bond acceptors (Lipinski definition) is 3. The van der Waals surface area contributed by atoms with E-state index in [4.69, 9.17) is 0 Å². The Balaban J connectivity index is 2.79. The second kappa shape index (κ2) is 6.82. The second-order valence-corrected chi connectivity index (χ2v) is 5.97. The zero-order valence-electron chi connectivity index (χ0n) is 10.6. The molecule has 0 fully saturated rings. The summed E-state index contributed by atoms with van der Waals surface area (Å²) in [5.74, 6) is -0.545. The molecule has 106 valence electrons. The molecule has 1 unspecified atom stereocenters. The number of carbonyl (C=O) groups excluding carboxylic acids is 1. The molecule has 0 aromatic heterocycles. The average molecular weight is 287 g/mol. The fourth-order valence-corrected chi connectivity index (χ4v) is 2.80. The lowest BCUT2D eigenvalue weighted by Crippen LogP contribution is -2.27. The van der Waals surface area contributed by atoms with Gasteiger partial charge in [-0.15, -0.1) is 0 Å². The van der Waals surface area contributed by atoms with E-state index in [1.54, 1.807) is 37.3 Å². The predicted octanol–water partition coefficient (Wildman–Crippen LogP) is 1.92. The van der Waals surface area contributed by atoms with E-state index in [2.05, 4.69) is 0 Å². The Morgan fingerprint density at radius 1 is 1.32 bits per heavy atom. The molecule has 0 saturated heterocycles. The van der Waals surface area contributed by atoms with Crippen LogP contribution >= 0.6 is 7.60 Å². The van der Waals surface area contributed by atoms with Gasteiger partial charge in [-0.25, -0.2) is 5.06 Å². The Morgan fingerprint density at radius 2 is 1.89 bits per heavy atom. The number of hydrogen-bond donors (Lipinski definition) is 3. The van der Waals surface area contributed by atoms with E-state index < -0.39 is 19.2 Å². The van der Waals surface area contributed by atoms with Crippen LogP contribution in [0.1, 0.15) is 31.0 Å². The number of rotatable bonds is 6. The maximum atomic E-state index is 11.5. The highest BCUT2D eigenvalue weighted by Gasteiger charge is 2.30. The van der Waals surface area contributed by atoms with Gasteiger partial charge in [0.15, 0.2) is 0 Å². The van der Waals surface area contributed by atoms with Crippen molar-refractivity contribution in [3.63, 3.8) is 0 Å². The smallest absolute Gasteiger partial charge is 0.324 e. The molecule has 0 aliphatic carbocycles. The van der Waals surface area contributed by atoms with Gasteiger partial charge in [0.2, 0.25) is 5.91 Å². The highest BCUT2D eigenvalue weighted by Crippen LogP contribution is 2.54. The second-order valence-electron chi connectivity index (χ2n) is 4.16. The largest absolute Gasteiger partial charge is 0.332 e. The van der Waals surface area contributed by atoms with Crippen LogP contribution in [0.2, 0.25) is 0 Å². The highest BCUT2D eigenvalue weighted by molar-refractivity contribution is 7.52. The van der Waals surface area contributed by atoms with Crippen LogP contribution in [0.4, 0.5) is 0 Å². The van der Waals surface area contributed by atoms with Gasteiger partial charge in [0.25, 0.3) is 0 Å². The highest BCUT2D eigenvalue weighted by atomic mass is 31.2. The maximum Gasteiger partial charge on any atom is 0.332 e. The molecule has 1 aromatic rings. The van der Waals surface area contributed by atoms with Gasteiger partial charge in [-0.05, 0) is 18.9 Å². The first-order chi connectivity index (χ1) is 8.86. The van der Waals surface area contributed by atoms with Crippen molar-refractivity contribution in [3.05, 3.63) is 35.9 Å². The fraction of sp³-hybridized carbons (Fsp3) is 0.417. The fourth-order valence-electron chi connectivity index (χ4n) is 1.77. The van der Waals surface area contributed by atoms with Crippen molar-refractivity contribution in [3.8, 4) is 0 Å². The SMILES string of the molecule is CCN(O)C(=O)CCC(c1ccccc1)P(=O)(O)O. The van der Waals surface area contributed by atoms with Crippen molar-refractivity contribution in [2.75, 3.05) is 6.54 Å². The summed E-state index contributed by atoms with van der Waals surface area (Å²) in [6.07, 6.45) is -0.126. The van der Waals surface area contributed by atoms with Crippen molar-refractivity contribution in [1.29, 1.82) is 0 Å². The molecule has 1 aromatic carbocycles. The first-order valence-corrected chi connectivity index (χ1v) is 7.63. The van der Waals surface area contributed by atoms with E-state index >= 15 is 0 Å². The molecule has 1 rings (SSSR count). The molecule has 6 nitrogen and oxygen atoms in total. The van der Waals surface area contributed by atoms with Crippen LogP contribution in [0.25, 0.3) is 0 Å². The average Bonchev–Trinajstić information content (AvgIpc) is 2.37. The Morgan fingerprint density at radius 3 is 2.37 bits per heavy atom. The van der Waals surface area contributed by atoms with E-state index in [0.717, 1.165) is 0 Å². The molecular formula is C12H18NO5P. The van der Waals surface area contributed by atoms with E-state index in [0.29, 0.717) is 10.6 Å². The van der Waals surface area contributed by atoms with Gasteiger partial charge in [0, 0.05) is 13.0 Å². The Labute approximate surface area is 111 Å². The summed E-state index contributed by atoms with van der Waals surface area (Å²) in [7, 11) is -4.35. The van der Waals surface area contributed by atoms with Gasteiger partial charge in [0.1, 0.15) is 0 Å². The third kappa shape index (κ3) is 4.76. The molecular weight excluding hydrogens is 269 g/mol. The standard InChI is InChI=1S/C12H18NO5P/c1-2-13(15)12(14)9-8-11(19(16,17)18)10-6-4-3-5-7-10/h3-7,11,15H,2,8-9H2,1H3,(H2,16,17,18). The van der Waals surface area contributed by atoms with Crippen molar-refractivity contribution in [2.45, 2.75) is 25.4 Å². The number of amides is 1. The lowest BCUT2D eigenvalue weighted by molar-refractivity contribution is -0.164. The summed E-state index contributed by atoms with van der Waals surface area (Å²) >= 11 is 0. The van der Waals surface area contributed by atoms with Crippen LogP contribution in [-0.2, 0) is 9.36 Å². The van der Waals surface area contributed by atoms with E-state index in [9.17, 15) is 24.4 Å². The zero-order chi connectivity index (χ0) is 14.5.